The van der Waals surface area contributed by atoms with E-state index in [0.29, 0.717) is 12.2 Å². The summed E-state index contributed by atoms with van der Waals surface area (Å²) in [5, 5.41) is 0. The molecule has 0 amide bonds. The highest BCUT2D eigenvalue weighted by Crippen LogP contribution is 2.34. The summed E-state index contributed by atoms with van der Waals surface area (Å²) in [7, 11) is 0. The van der Waals surface area contributed by atoms with Gasteiger partial charge in [0, 0.05) is 0 Å². The van der Waals surface area contributed by atoms with Crippen molar-refractivity contribution >= 4 is 5.97 Å². The van der Waals surface area contributed by atoms with E-state index in [2.05, 4.69) is 24.3 Å². The van der Waals surface area contributed by atoms with Crippen molar-refractivity contribution in [1.29, 1.82) is 0 Å². The molecular formula is C22H24O3. The summed E-state index contributed by atoms with van der Waals surface area (Å²) < 4.78 is 11.5. The van der Waals surface area contributed by atoms with Gasteiger partial charge < -0.3 is 9.47 Å². The fraction of sp³-hybridized carbons (Fsp3) is 0.318. The molecule has 0 unspecified atom stereocenters. The lowest BCUT2D eigenvalue weighted by molar-refractivity contribution is -0.141. The quantitative estimate of drug-likeness (QED) is 0.721. The molecule has 0 aromatic heterocycles. The van der Waals surface area contributed by atoms with Crippen molar-refractivity contribution in [3.63, 3.8) is 0 Å². The van der Waals surface area contributed by atoms with Crippen LogP contribution in [0.3, 0.4) is 0 Å². The topological polar surface area (TPSA) is 35.5 Å². The number of carbonyl (C=O) groups is 1. The first-order chi connectivity index (χ1) is 12.3. The Kier molecular flexibility index (Phi) is 6.02. The van der Waals surface area contributed by atoms with Crippen molar-refractivity contribution in [2.45, 2.75) is 38.4 Å². The van der Waals surface area contributed by atoms with Crippen molar-refractivity contribution in [2.24, 2.45) is 0 Å². The smallest absolute Gasteiger partial charge is 0.336 e. The molecule has 0 saturated carbocycles. The fourth-order valence-electron chi connectivity index (χ4n) is 3.14. The summed E-state index contributed by atoms with van der Waals surface area (Å²) in [6.07, 6.45) is 4.38. The molecule has 0 N–H and O–H groups in total. The predicted molar refractivity (Wildman–Crippen MR) is 98.2 cm³/mol. The maximum atomic E-state index is 12.3. The highest BCUT2D eigenvalue weighted by Gasteiger charge is 2.30. The van der Waals surface area contributed by atoms with E-state index in [0.717, 1.165) is 24.8 Å². The fourth-order valence-corrected chi connectivity index (χ4v) is 3.14. The Morgan fingerprint density at radius 3 is 2.44 bits per heavy atom. The lowest BCUT2D eigenvalue weighted by Gasteiger charge is -2.30. The second-order valence-electron chi connectivity index (χ2n) is 6.19. The summed E-state index contributed by atoms with van der Waals surface area (Å²) in [6.45, 7) is 2.19. The number of hydrogen-bond donors (Lipinski definition) is 0. The van der Waals surface area contributed by atoms with E-state index >= 15 is 0 Å². The number of carbonyl (C=O) groups excluding carboxylic acids is 1. The molecule has 3 heteroatoms. The van der Waals surface area contributed by atoms with Crippen LogP contribution in [0.5, 0.6) is 0 Å². The molecule has 3 nitrogen and oxygen atoms in total. The Morgan fingerprint density at radius 2 is 1.76 bits per heavy atom. The molecule has 1 aliphatic rings. The van der Waals surface area contributed by atoms with Gasteiger partial charge in [0.25, 0.3) is 0 Å². The van der Waals surface area contributed by atoms with Crippen LogP contribution in [0.1, 0.15) is 37.0 Å². The van der Waals surface area contributed by atoms with E-state index in [-0.39, 0.29) is 18.2 Å². The summed E-state index contributed by atoms with van der Waals surface area (Å²) in [4.78, 5) is 12.3. The standard InChI is InChI=1S/C22H24O3/c1-2-24-22(23)20-16-15-19(14-13-17-9-5-3-6-10-17)25-21(20)18-11-7-4-8-12-18/h3-12,16,19,21H,2,13-15H2,1H3/t19-,21+/m0/s1. The zero-order chi connectivity index (χ0) is 17.5. The van der Waals surface area contributed by atoms with E-state index < -0.39 is 0 Å². The summed E-state index contributed by atoms with van der Waals surface area (Å²) in [5.74, 6) is -0.280. The van der Waals surface area contributed by atoms with Crippen LogP contribution in [-0.2, 0) is 20.7 Å². The highest BCUT2D eigenvalue weighted by atomic mass is 16.5. The van der Waals surface area contributed by atoms with Gasteiger partial charge in [-0.2, -0.15) is 0 Å². The van der Waals surface area contributed by atoms with Crippen LogP contribution >= 0.6 is 0 Å². The number of hydrogen-bond acceptors (Lipinski definition) is 3. The van der Waals surface area contributed by atoms with Crippen LogP contribution in [-0.4, -0.2) is 18.7 Å². The number of esters is 1. The van der Waals surface area contributed by atoms with Crippen LogP contribution < -0.4 is 0 Å². The van der Waals surface area contributed by atoms with Gasteiger partial charge in [-0.1, -0.05) is 66.7 Å². The maximum Gasteiger partial charge on any atom is 0.336 e. The molecule has 1 aliphatic heterocycles. The molecule has 2 aromatic rings. The Bertz CT molecular complexity index is 707. The molecule has 3 rings (SSSR count). The van der Waals surface area contributed by atoms with Gasteiger partial charge >= 0.3 is 5.97 Å². The second-order valence-corrected chi connectivity index (χ2v) is 6.19. The third kappa shape index (κ3) is 4.58. The molecule has 1 heterocycles. The molecule has 0 spiro atoms. The third-order valence-electron chi connectivity index (χ3n) is 4.42. The largest absolute Gasteiger partial charge is 0.463 e. The molecular weight excluding hydrogens is 312 g/mol. The molecule has 0 bridgehead atoms. The number of aryl methyl sites for hydroxylation is 1. The molecule has 0 fully saturated rings. The maximum absolute atomic E-state index is 12.3. The van der Waals surface area contributed by atoms with Crippen molar-refractivity contribution in [2.75, 3.05) is 6.61 Å². The van der Waals surface area contributed by atoms with Crippen LogP contribution in [0.2, 0.25) is 0 Å². The van der Waals surface area contributed by atoms with E-state index in [1.165, 1.54) is 5.56 Å². The average Bonchev–Trinajstić information content (AvgIpc) is 2.68. The SMILES string of the molecule is CCOC(=O)C1=CC[C@H](CCc2ccccc2)O[C@@H]1c1ccccc1. The highest BCUT2D eigenvalue weighted by molar-refractivity contribution is 5.90. The van der Waals surface area contributed by atoms with E-state index in [1.54, 1.807) is 0 Å². The molecule has 2 atom stereocenters. The van der Waals surface area contributed by atoms with Crippen molar-refractivity contribution < 1.29 is 14.3 Å². The molecule has 0 saturated heterocycles. The third-order valence-corrected chi connectivity index (χ3v) is 4.42. The molecule has 0 aliphatic carbocycles. The Labute approximate surface area is 149 Å². The average molecular weight is 336 g/mol. The van der Waals surface area contributed by atoms with Gasteiger partial charge in [0.1, 0.15) is 6.10 Å². The number of benzene rings is 2. The van der Waals surface area contributed by atoms with Crippen LogP contribution in [0, 0.1) is 0 Å². The predicted octanol–water partition coefficient (Wildman–Crippen LogP) is 4.64. The molecule has 0 radical (unpaired) electrons. The summed E-state index contributed by atoms with van der Waals surface area (Å²) >= 11 is 0. The molecule has 130 valence electrons. The Morgan fingerprint density at radius 1 is 1.08 bits per heavy atom. The molecule has 2 aromatic carbocycles. The van der Waals surface area contributed by atoms with Gasteiger partial charge in [0.15, 0.2) is 0 Å². The summed E-state index contributed by atoms with van der Waals surface area (Å²) in [6, 6.07) is 20.3. The first kappa shape index (κ1) is 17.4. The lowest BCUT2D eigenvalue weighted by Crippen LogP contribution is -2.27. The van der Waals surface area contributed by atoms with Crippen LogP contribution in [0.25, 0.3) is 0 Å². The van der Waals surface area contributed by atoms with Gasteiger partial charge in [-0.3, -0.25) is 0 Å². The minimum Gasteiger partial charge on any atom is -0.463 e. The van der Waals surface area contributed by atoms with Crippen LogP contribution in [0.4, 0.5) is 0 Å². The Hall–Kier alpha value is -2.39. The zero-order valence-electron chi connectivity index (χ0n) is 14.6. The zero-order valence-corrected chi connectivity index (χ0v) is 14.6. The number of ether oxygens (including phenoxy) is 2. The van der Waals surface area contributed by atoms with E-state index in [1.807, 2.05) is 49.4 Å². The van der Waals surface area contributed by atoms with Gasteiger partial charge in [0.05, 0.1) is 18.3 Å². The van der Waals surface area contributed by atoms with Crippen molar-refractivity contribution in [1.82, 2.24) is 0 Å². The minimum absolute atomic E-state index is 0.101. The summed E-state index contributed by atoms with van der Waals surface area (Å²) in [5.41, 5.74) is 2.91. The van der Waals surface area contributed by atoms with Gasteiger partial charge in [0.2, 0.25) is 0 Å². The van der Waals surface area contributed by atoms with Gasteiger partial charge in [-0.05, 0) is 37.3 Å². The molecule has 25 heavy (non-hydrogen) atoms. The second kappa shape index (κ2) is 8.63. The minimum atomic E-state index is -0.352. The van der Waals surface area contributed by atoms with Crippen LogP contribution in [0.15, 0.2) is 72.3 Å². The lowest BCUT2D eigenvalue weighted by atomic mass is 9.94. The van der Waals surface area contributed by atoms with E-state index in [4.69, 9.17) is 9.47 Å². The van der Waals surface area contributed by atoms with Crippen molar-refractivity contribution in [3.05, 3.63) is 83.4 Å². The number of rotatable bonds is 6. The van der Waals surface area contributed by atoms with E-state index in [9.17, 15) is 4.79 Å². The van der Waals surface area contributed by atoms with Crippen molar-refractivity contribution in [3.8, 4) is 0 Å². The Balaban J connectivity index is 1.73. The van der Waals surface area contributed by atoms with Gasteiger partial charge in [-0.25, -0.2) is 4.79 Å². The normalized spacial score (nSPS) is 20.0. The monoisotopic (exact) mass is 336 g/mol. The first-order valence-electron chi connectivity index (χ1n) is 8.89. The van der Waals surface area contributed by atoms with Gasteiger partial charge in [-0.15, -0.1) is 0 Å². The first-order valence-corrected chi connectivity index (χ1v) is 8.89.